The zero-order chi connectivity index (χ0) is 14.9. The lowest BCUT2D eigenvalue weighted by Crippen LogP contribution is -2.16. The first kappa shape index (κ1) is 13.9. The summed E-state index contributed by atoms with van der Waals surface area (Å²) < 4.78 is 50.6. The summed E-state index contributed by atoms with van der Waals surface area (Å²) in [7, 11) is 1.45. The second kappa shape index (κ2) is 4.87. The average Bonchev–Trinajstić information content (AvgIpc) is 2.73. The fourth-order valence-corrected chi connectivity index (χ4v) is 1.39. The van der Waals surface area contributed by atoms with E-state index in [1.807, 2.05) is 0 Å². The van der Waals surface area contributed by atoms with Gasteiger partial charge in [0, 0.05) is 5.56 Å². The smallest absolute Gasteiger partial charge is 0.288 e. The molecule has 10 heteroatoms. The minimum absolute atomic E-state index is 0.171. The van der Waals surface area contributed by atoms with Crippen molar-refractivity contribution in [3.8, 4) is 0 Å². The number of carbonyl (C=O) groups excluding carboxylic acids is 1. The number of anilines is 1. The third-order valence-electron chi connectivity index (χ3n) is 2.27. The molecule has 106 valence electrons. The first-order chi connectivity index (χ1) is 9.27. The van der Waals surface area contributed by atoms with E-state index in [4.69, 9.17) is 0 Å². The number of aryl methyl sites for hydroxylation is 1. The molecule has 0 spiro atoms. The first-order valence-corrected chi connectivity index (χ1v) is 5.19. The van der Waals surface area contributed by atoms with Crippen LogP contribution in [-0.4, -0.2) is 26.1 Å². The second-order valence-corrected chi connectivity index (χ2v) is 3.75. The lowest BCUT2D eigenvalue weighted by Gasteiger charge is -2.09. The molecule has 0 aliphatic carbocycles. The first-order valence-electron chi connectivity index (χ1n) is 5.19. The van der Waals surface area contributed by atoms with Crippen LogP contribution in [0.3, 0.4) is 0 Å². The maximum absolute atomic E-state index is 13.1. The number of hydrogen-bond acceptors (Lipinski definition) is 4. The van der Waals surface area contributed by atoms with Crippen molar-refractivity contribution in [3.05, 3.63) is 35.1 Å². The molecule has 0 atom stereocenters. The maximum atomic E-state index is 13.1. The Kier molecular flexibility index (Phi) is 3.38. The highest BCUT2D eigenvalue weighted by molar-refractivity contribution is 6.03. The number of alkyl halides is 3. The van der Waals surface area contributed by atoms with Gasteiger partial charge in [-0.1, -0.05) is 5.10 Å². The van der Waals surface area contributed by atoms with E-state index in [9.17, 15) is 22.4 Å². The summed E-state index contributed by atoms with van der Waals surface area (Å²) in [6.07, 6.45) is -4.88. The van der Waals surface area contributed by atoms with E-state index in [0.29, 0.717) is 12.1 Å². The second-order valence-electron chi connectivity index (χ2n) is 3.75. The molecule has 1 amide bonds. The highest BCUT2D eigenvalue weighted by Gasteiger charge is 2.34. The van der Waals surface area contributed by atoms with Gasteiger partial charge < -0.3 is 0 Å². The molecular formula is C10H7F4N5O. The fourth-order valence-electron chi connectivity index (χ4n) is 1.39. The number of aromatic nitrogens is 4. The van der Waals surface area contributed by atoms with Crippen LogP contribution in [-0.2, 0) is 13.2 Å². The number of tetrazole rings is 1. The van der Waals surface area contributed by atoms with E-state index in [0.717, 1.165) is 10.9 Å². The maximum Gasteiger partial charge on any atom is 0.419 e. The van der Waals surface area contributed by atoms with Gasteiger partial charge in [0.15, 0.2) is 0 Å². The van der Waals surface area contributed by atoms with Crippen LogP contribution in [0.2, 0.25) is 0 Å². The highest BCUT2D eigenvalue weighted by Crippen LogP contribution is 2.31. The molecule has 0 saturated heterocycles. The van der Waals surface area contributed by atoms with Crippen molar-refractivity contribution in [3.63, 3.8) is 0 Å². The molecule has 1 heterocycles. The van der Waals surface area contributed by atoms with Crippen LogP contribution in [0.15, 0.2) is 18.2 Å². The summed E-state index contributed by atoms with van der Waals surface area (Å²) in [6, 6.07) is 1.92. The van der Waals surface area contributed by atoms with Gasteiger partial charge in [-0.3, -0.25) is 10.1 Å². The number of amides is 1. The number of nitrogens with one attached hydrogen (secondary N) is 1. The van der Waals surface area contributed by atoms with Gasteiger partial charge in [-0.05, 0) is 23.4 Å². The Morgan fingerprint density at radius 2 is 2.05 bits per heavy atom. The quantitative estimate of drug-likeness (QED) is 0.853. The van der Waals surface area contributed by atoms with Crippen molar-refractivity contribution < 1.29 is 22.4 Å². The van der Waals surface area contributed by atoms with E-state index >= 15 is 0 Å². The molecule has 20 heavy (non-hydrogen) atoms. The molecule has 1 aromatic heterocycles. The molecular weight excluding hydrogens is 282 g/mol. The molecule has 0 fully saturated rings. The molecule has 1 N–H and O–H groups in total. The van der Waals surface area contributed by atoms with Crippen LogP contribution in [0, 0.1) is 5.82 Å². The Morgan fingerprint density at radius 1 is 1.35 bits per heavy atom. The Bertz CT molecular complexity index is 651. The lowest BCUT2D eigenvalue weighted by molar-refractivity contribution is -0.140. The number of carbonyl (C=O) groups is 1. The number of benzene rings is 1. The van der Waals surface area contributed by atoms with Crippen molar-refractivity contribution in [2.24, 2.45) is 7.05 Å². The van der Waals surface area contributed by atoms with E-state index in [1.165, 1.54) is 7.05 Å². The van der Waals surface area contributed by atoms with Gasteiger partial charge in [0.05, 0.1) is 12.6 Å². The molecule has 1 aromatic carbocycles. The normalized spacial score (nSPS) is 11.4. The van der Waals surface area contributed by atoms with Gasteiger partial charge in [-0.25, -0.2) is 4.39 Å². The Hall–Kier alpha value is -2.52. The van der Waals surface area contributed by atoms with Crippen LogP contribution in [0.1, 0.15) is 15.9 Å². The minimum Gasteiger partial charge on any atom is -0.288 e. The van der Waals surface area contributed by atoms with Gasteiger partial charge in [0.2, 0.25) is 0 Å². The van der Waals surface area contributed by atoms with E-state index < -0.39 is 23.5 Å². The summed E-state index contributed by atoms with van der Waals surface area (Å²) in [6.45, 7) is 0. The van der Waals surface area contributed by atoms with Gasteiger partial charge in [0.25, 0.3) is 11.9 Å². The molecule has 0 aliphatic rings. The van der Waals surface area contributed by atoms with Crippen LogP contribution in [0.4, 0.5) is 23.5 Å². The molecule has 0 bridgehead atoms. The summed E-state index contributed by atoms with van der Waals surface area (Å²) >= 11 is 0. The highest BCUT2D eigenvalue weighted by atomic mass is 19.4. The van der Waals surface area contributed by atoms with E-state index in [2.05, 4.69) is 20.7 Å². The largest absolute Gasteiger partial charge is 0.419 e. The van der Waals surface area contributed by atoms with Gasteiger partial charge >= 0.3 is 6.18 Å². The lowest BCUT2D eigenvalue weighted by atomic mass is 10.1. The molecule has 6 nitrogen and oxygen atoms in total. The number of halogens is 4. The van der Waals surface area contributed by atoms with Crippen LogP contribution >= 0.6 is 0 Å². The van der Waals surface area contributed by atoms with Crippen molar-refractivity contribution in [1.29, 1.82) is 0 Å². The average molecular weight is 289 g/mol. The molecule has 0 aliphatic heterocycles. The predicted molar refractivity (Wildman–Crippen MR) is 58.2 cm³/mol. The van der Waals surface area contributed by atoms with Gasteiger partial charge in [0.1, 0.15) is 5.82 Å². The zero-order valence-corrected chi connectivity index (χ0v) is 9.94. The molecule has 0 unspecified atom stereocenters. The molecule has 2 aromatic rings. The van der Waals surface area contributed by atoms with Gasteiger partial charge in [-0.2, -0.15) is 18.0 Å². The monoisotopic (exact) mass is 289 g/mol. The van der Waals surface area contributed by atoms with Crippen molar-refractivity contribution in [2.45, 2.75) is 6.18 Å². The Balaban J connectivity index is 2.27. The number of rotatable bonds is 2. The summed E-state index contributed by atoms with van der Waals surface area (Å²) in [5, 5.41) is 12.7. The standard InChI is InChI=1S/C10H7F4N5O/c1-19-17-9(16-18-19)15-8(20)5-2-3-7(11)6(4-5)10(12,13)14/h2-4H,1H3,(H,15,17,20). The number of hydrogen-bond donors (Lipinski definition) is 1. The zero-order valence-electron chi connectivity index (χ0n) is 9.94. The summed E-state index contributed by atoms with van der Waals surface area (Å²) in [5.41, 5.74) is -1.89. The van der Waals surface area contributed by atoms with Crippen molar-refractivity contribution >= 4 is 11.9 Å². The van der Waals surface area contributed by atoms with Crippen LogP contribution in [0.25, 0.3) is 0 Å². The minimum atomic E-state index is -4.88. The molecule has 0 radical (unpaired) electrons. The van der Waals surface area contributed by atoms with Crippen LogP contribution < -0.4 is 5.32 Å². The SMILES string of the molecule is Cn1nnc(NC(=O)c2ccc(F)c(C(F)(F)F)c2)n1. The third-order valence-corrected chi connectivity index (χ3v) is 2.27. The van der Waals surface area contributed by atoms with Crippen molar-refractivity contribution in [1.82, 2.24) is 20.2 Å². The van der Waals surface area contributed by atoms with Crippen LogP contribution in [0.5, 0.6) is 0 Å². The third kappa shape index (κ3) is 2.90. The van der Waals surface area contributed by atoms with E-state index in [1.54, 1.807) is 0 Å². The summed E-state index contributed by atoms with van der Waals surface area (Å²) in [5.74, 6) is -2.52. The van der Waals surface area contributed by atoms with Gasteiger partial charge in [-0.15, -0.1) is 5.10 Å². The molecule has 2 rings (SSSR count). The Labute approximate surface area is 109 Å². The number of nitrogens with zero attached hydrogens (tertiary/aromatic N) is 4. The topological polar surface area (TPSA) is 72.7 Å². The molecule has 0 saturated carbocycles. The van der Waals surface area contributed by atoms with E-state index in [-0.39, 0.29) is 11.5 Å². The van der Waals surface area contributed by atoms with Crippen molar-refractivity contribution in [2.75, 3.05) is 5.32 Å². The predicted octanol–water partition coefficient (Wildman–Crippen LogP) is 1.62. The Morgan fingerprint density at radius 3 is 2.60 bits per heavy atom. The summed E-state index contributed by atoms with van der Waals surface area (Å²) in [4.78, 5) is 12.8. The fraction of sp³-hybridized carbons (Fsp3) is 0.200.